The van der Waals surface area contributed by atoms with Gasteiger partial charge in [-0.2, -0.15) is 0 Å². The van der Waals surface area contributed by atoms with Gasteiger partial charge in [0.2, 0.25) is 5.91 Å². The van der Waals surface area contributed by atoms with Gasteiger partial charge in [0.1, 0.15) is 17.2 Å². The van der Waals surface area contributed by atoms with Crippen LogP contribution in [0, 0.1) is 6.92 Å². The lowest BCUT2D eigenvalue weighted by molar-refractivity contribution is -0.115. The van der Waals surface area contributed by atoms with Gasteiger partial charge in [-0.05, 0) is 92.2 Å². The van der Waals surface area contributed by atoms with Gasteiger partial charge in [-0.25, -0.2) is 0 Å². The van der Waals surface area contributed by atoms with Crippen LogP contribution in [0.4, 0.5) is 11.4 Å². The topological polar surface area (TPSA) is 106 Å². The Morgan fingerprint density at radius 2 is 1.53 bits per heavy atom. The Morgan fingerprint density at radius 3 is 2.21 bits per heavy atom. The minimum Gasteiger partial charge on any atom is -0.497 e. The van der Waals surface area contributed by atoms with E-state index in [0.29, 0.717) is 28.3 Å². The summed E-state index contributed by atoms with van der Waals surface area (Å²) in [6, 6.07) is 28.6. The van der Waals surface area contributed by atoms with Crippen LogP contribution >= 0.6 is 11.8 Å². The predicted octanol–water partition coefficient (Wildman–Crippen LogP) is 6.54. The normalized spacial score (nSPS) is 11.7. The monoisotopic (exact) mass is 595 g/mol. The summed E-state index contributed by atoms with van der Waals surface area (Å²) in [4.78, 5) is 40.0. The molecule has 0 fully saturated rings. The quantitative estimate of drug-likeness (QED) is 0.134. The van der Waals surface area contributed by atoms with Crippen molar-refractivity contribution in [2.45, 2.75) is 24.0 Å². The highest BCUT2D eigenvalue weighted by Crippen LogP contribution is 2.28. The number of thioether (sulfide) groups is 1. The molecule has 9 heteroatoms. The van der Waals surface area contributed by atoms with Crippen LogP contribution in [0.3, 0.4) is 0 Å². The Labute approximate surface area is 255 Å². The van der Waals surface area contributed by atoms with E-state index in [1.807, 2.05) is 50.2 Å². The first kappa shape index (κ1) is 30.9. The molecule has 4 rings (SSSR count). The number of rotatable bonds is 11. The fourth-order valence-corrected chi connectivity index (χ4v) is 4.96. The third kappa shape index (κ3) is 8.73. The fourth-order valence-electron chi connectivity index (χ4n) is 4.09. The molecule has 0 aromatic heterocycles. The average Bonchev–Trinajstić information content (AvgIpc) is 3.01. The minimum absolute atomic E-state index is 0.0142. The summed E-state index contributed by atoms with van der Waals surface area (Å²) in [5.41, 5.74) is 3.30. The maximum atomic E-state index is 13.5. The third-order valence-electron chi connectivity index (χ3n) is 6.35. The van der Waals surface area contributed by atoms with Gasteiger partial charge in [-0.3, -0.25) is 14.4 Å². The van der Waals surface area contributed by atoms with Crippen LogP contribution in [-0.4, -0.2) is 37.2 Å². The van der Waals surface area contributed by atoms with Crippen molar-refractivity contribution in [3.8, 4) is 11.5 Å². The summed E-state index contributed by atoms with van der Waals surface area (Å²) < 4.78 is 10.8. The number of hydrogen-bond acceptors (Lipinski definition) is 6. The van der Waals surface area contributed by atoms with Crippen LogP contribution in [0.15, 0.2) is 108 Å². The zero-order valence-electron chi connectivity index (χ0n) is 24.3. The van der Waals surface area contributed by atoms with Crippen molar-refractivity contribution < 1.29 is 23.9 Å². The number of ether oxygens (including phenoxy) is 2. The number of anilines is 2. The summed E-state index contributed by atoms with van der Waals surface area (Å²) in [6.45, 7) is 3.81. The molecular formula is C34H33N3O5S. The molecule has 0 radical (unpaired) electrons. The van der Waals surface area contributed by atoms with Crippen LogP contribution in [0.5, 0.6) is 11.5 Å². The Morgan fingerprint density at radius 1 is 0.791 bits per heavy atom. The number of nitrogens with one attached hydrogen (secondary N) is 3. The van der Waals surface area contributed by atoms with Crippen molar-refractivity contribution in [3.05, 3.63) is 119 Å². The number of methoxy groups -OCH3 is 2. The van der Waals surface area contributed by atoms with Gasteiger partial charge in [0.25, 0.3) is 11.8 Å². The molecule has 4 aromatic rings. The lowest BCUT2D eigenvalue weighted by atomic mass is 10.1. The fraction of sp³-hybridized carbons (Fsp3) is 0.147. The Kier molecular flexibility index (Phi) is 10.6. The van der Waals surface area contributed by atoms with Crippen LogP contribution in [0.25, 0.3) is 6.08 Å². The van der Waals surface area contributed by atoms with Gasteiger partial charge in [-0.15, -0.1) is 11.8 Å². The van der Waals surface area contributed by atoms with E-state index in [4.69, 9.17) is 9.47 Å². The SMILES string of the molecule is COc1ccc(OC)c(/C=C(\NC(=O)c2ccccc2)C(=O)Nc2ccc(SC(C)C(=O)Nc3cccc(C)c3)cc2)c1. The molecule has 0 aliphatic heterocycles. The molecule has 0 saturated heterocycles. The first-order valence-corrected chi connectivity index (χ1v) is 14.4. The highest BCUT2D eigenvalue weighted by molar-refractivity contribution is 8.00. The molecule has 0 aliphatic carbocycles. The largest absolute Gasteiger partial charge is 0.497 e. The van der Waals surface area contributed by atoms with E-state index in [2.05, 4.69) is 16.0 Å². The molecule has 43 heavy (non-hydrogen) atoms. The number of amides is 3. The predicted molar refractivity (Wildman–Crippen MR) is 172 cm³/mol. The second-order valence-corrected chi connectivity index (χ2v) is 11.0. The Hall–Kier alpha value is -5.02. The van der Waals surface area contributed by atoms with Crippen molar-refractivity contribution in [3.63, 3.8) is 0 Å². The molecule has 1 unspecified atom stereocenters. The molecule has 1 atom stereocenters. The lowest BCUT2D eigenvalue weighted by Gasteiger charge is -2.14. The van der Waals surface area contributed by atoms with Crippen LogP contribution in [0.2, 0.25) is 0 Å². The molecule has 0 spiro atoms. The zero-order valence-corrected chi connectivity index (χ0v) is 25.2. The summed E-state index contributed by atoms with van der Waals surface area (Å²) in [5, 5.41) is 8.17. The summed E-state index contributed by atoms with van der Waals surface area (Å²) in [5.74, 6) is -0.00282. The highest BCUT2D eigenvalue weighted by atomic mass is 32.2. The first-order chi connectivity index (χ1) is 20.7. The highest BCUT2D eigenvalue weighted by Gasteiger charge is 2.18. The molecule has 0 aliphatic rings. The molecular weight excluding hydrogens is 562 g/mol. The molecule has 3 N–H and O–H groups in total. The van der Waals surface area contributed by atoms with Gasteiger partial charge in [0.05, 0.1) is 19.5 Å². The van der Waals surface area contributed by atoms with Crippen molar-refractivity contribution >= 4 is 46.9 Å². The van der Waals surface area contributed by atoms with E-state index >= 15 is 0 Å². The number of aryl methyl sites for hydroxylation is 1. The van der Waals surface area contributed by atoms with E-state index in [0.717, 1.165) is 16.1 Å². The minimum atomic E-state index is -0.527. The molecule has 220 valence electrons. The number of carbonyl (C=O) groups excluding carboxylic acids is 3. The maximum absolute atomic E-state index is 13.5. The third-order valence-corrected chi connectivity index (χ3v) is 7.46. The van der Waals surface area contributed by atoms with E-state index in [1.54, 1.807) is 67.8 Å². The summed E-state index contributed by atoms with van der Waals surface area (Å²) >= 11 is 1.41. The second kappa shape index (κ2) is 14.7. The van der Waals surface area contributed by atoms with Gasteiger partial charge >= 0.3 is 0 Å². The molecule has 8 nitrogen and oxygen atoms in total. The maximum Gasteiger partial charge on any atom is 0.272 e. The van der Waals surface area contributed by atoms with Crippen molar-refractivity contribution in [1.82, 2.24) is 5.32 Å². The van der Waals surface area contributed by atoms with E-state index in [9.17, 15) is 14.4 Å². The Balaban J connectivity index is 1.49. The van der Waals surface area contributed by atoms with Crippen molar-refractivity contribution in [1.29, 1.82) is 0 Å². The van der Waals surface area contributed by atoms with Gasteiger partial charge in [-0.1, -0.05) is 30.3 Å². The molecule has 0 saturated carbocycles. The average molecular weight is 596 g/mol. The lowest BCUT2D eigenvalue weighted by Crippen LogP contribution is -2.30. The van der Waals surface area contributed by atoms with E-state index in [1.165, 1.54) is 24.9 Å². The van der Waals surface area contributed by atoms with E-state index in [-0.39, 0.29) is 16.9 Å². The second-order valence-electron chi connectivity index (χ2n) is 9.58. The summed E-state index contributed by atoms with van der Waals surface area (Å²) in [6.07, 6.45) is 1.54. The Bertz CT molecular complexity index is 1620. The smallest absolute Gasteiger partial charge is 0.272 e. The van der Waals surface area contributed by atoms with Gasteiger partial charge in [0, 0.05) is 27.4 Å². The summed E-state index contributed by atoms with van der Waals surface area (Å²) in [7, 11) is 3.06. The van der Waals surface area contributed by atoms with E-state index < -0.39 is 11.8 Å². The van der Waals surface area contributed by atoms with Gasteiger partial charge in [0.15, 0.2) is 0 Å². The molecule has 0 bridgehead atoms. The molecule has 0 heterocycles. The number of benzene rings is 4. The van der Waals surface area contributed by atoms with Gasteiger partial charge < -0.3 is 25.4 Å². The molecule has 4 aromatic carbocycles. The van der Waals surface area contributed by atoms with Crippen molar-refractivity contribution in [2.24, 2.45) is 0 Å². The standard InChI is InChI=1S/C34H33N3O5S/c1-22-9-8-12-27(19-22)36-32(38)23(2)43-29-16-13-26(14-17-29)35-34(40)30(37-33(39)24-10-6-5-7-11-24)21-25-20-28(41-3)15-18-31(25)42-4/h5-21,23H,1-4H3,(H,35,40)(H,36,38)(H,37,39)/b30-21-. The zero-order chi connectivity index (χ0) is 30.8. The molecule has 3 amide bonds. The van der Waals surface area contributed by atoms with Crippen molar-refractivity contribution in [2.75, 3.05) is 24.9 Å². The van der Waals surface area contributed by atoms with Crippen LogP contribution < -0.4 is 25.4 Å². The van der Waals surface area contributed by atoms with Crippen LogP contribution in [0.1, 0.15) is 28.4 Å². The first-order valence-electron chi connectivity index (χ1n) is 13.5. The number of hydrogen-bond donors (Lipinski definition) is 3. The number of carbonyl (C=O) groups is 3. The van der Waals surface area contributed by atoms with Crippen LogP contribution in [-0.2, 0) is 9.59 Å².